The van der Waals surface area contributed by atoms with Gasteiger partial charge in [-0.05, 0) is 18.6 Å². The van der Waals surface area contributed by atoms with Crippen LogP contribution in [0.3, 0.4) is 0 Å². The largest absolute Gasteiger partial charge is 0.364 e. The Balaban J connectivity index is 1.95. The van der Waals surface area contributed by atoms with Crippen LogP contribution in [-0.4, -0.2) is 9.97 Å². The Bertz CT molecular complexity index is 524. The summed E-state index contributed by atoms with van der Waals surface area (Å²) in [4.78, 5) is 9.73. The first-order valence-electron chi connectivity index (χ1n) is 5.35. The first kappa shape index (κ1) is 11.6. The lowest BCUT2D eigenvalue weighted by atomic mass is 10.3. The van der Waals surface area contributed by atoms with E-state index in [9.17, 15) is 0 Å². The van der Waals surface area contributed by atoms with Gasteiger partial charge in [-0.3, -0.25) is 0 Å². The zero-order chi connectivity index (χ0) is 12.1. The molecule has 2 heterocycles. The number of hydrogen-bond donors (Lipinski definition) is 1. The third kappa shape index (κ3) is 3.02. The Morgan fingerprint density at radius 1 is 1.35 bits per heavy atom. The Morgan fingerprint density at radius 3 is 2.82 bits per heavy atom. The molecule has 2 aromatic rings. The second kappa shape index (κ2) is 5.41. The summed E-state index contributed by atoms with van der Waals surface area (Å²) in [6.07, 6.45) is 4.49. The number of nitrogens with zero attached hydrogens (tertiary/aromatic N) is 3. The van der Waals surface area contributed by atoms with Gasteiger partial charge in [0.1, 0.15) is 16.9 Å². The van der Waals surface area contributed by atoms with Gasteiger partial charge in [-0.1, -0.05) is 6.92 Å². The van der Waals surface area contributed by atoms with Crippen molar-refractivity contribution in [3.8, 4) is 6.07 Å². The van der Waals surface area contributed by atoms with E-state index in [0.717, 1.165) is 17.2 Å². The third-order valence-corrected chi connectivity index (χ3v) is 3.40. The molecule has 0 aliphatic heterocycles. The van der Waals surface area contributed by atoms with Crippen LogP contribution in [0.15, 0.2) is 24.5 Å². The maximum atomic E-state index is 8.65. The number of rotatable bonds is 4. The zero-order valence-corrected chi connectivity index (χ0v) is 10.3. The summed E-state index contributed by atoms with van der Waals surface area (Å²) >= 11 is 1.71. The Hall–Kier alpha value is -1.93. The summed E-state index contributed by atoms with van der Waals surface area (Å²) in [5.74, 6) is 0.761. The van der Waals surface area contributed by atoms with Crippen LogP contribution in [0.5, 0.6) is 0 Å². The van der Waals surface area contributed by atoms with Gasteiger partial charge in [0, 0.05) is 17.3 Å². The maximum Gasteiger partial charge on any atom is 0.126 e. The fraction of sp³-hybridized carbons (Fsp3) is 0.250. The molecule has 2 aromatic heterocycles. The first-order valence-corrected chi connectivity index (χ1v) is 6.17. The first-order chi connectivity index (χ1) is 8.31. The number of hydrogen-bond acceptors (Lipinski definition) is 5. The molecule has 0 radical (unpaired) electrons. The van der Waals surface area contributed by atoms with E-state index in [0.29, 0.717) is 12.1 Å². The quantitative estimate of drug-likeness (QED) is 0.898. The van der Waals surface area contributed by atoms with Crippen LogP contribution in [0.1, 0.15) is 22.4 Å². The monoisotopic (exact) mass is 244 g/mol. The van der Waals surface area contributed by atoms with Crippen LogP contribution in [-0.2, 0) is 13.0 Å². The highest BCUT2D eigenvalue weighted by molar-refractivity contribution is 7.11. The van der Waals surface area contributed by atoms with E-state index in [2.05, 4.69) is 22.2 Å². The molecule has 0 aromatic carbocycles. The van der Waals surface area contributed by atoms with Crippen molar-refractivity contribution in [2.24, 2.45) is 0 Å². The number of nitriles is 1. The lowest BCUT2D eigenvalue weighted by Gasteiger charge is -2.02. The highest BCUT2D eigenvalue weighted by Crippen LogP contribution is 2.14. The normalized spacial score (nSPS) is 9.88. The lowest BCUT2D eigenvalue weighted by molar-refractivity contribution is 1.07. The van der Waals surface area contributed by atoms with Crippen molar-refractivity contribution >= 4 is 17.2 Å². The number of aromatic nitrogens is 2. The van der Waals surface area contributed by atoms with Crippen molar-refractivity contribution < 1.29 is 0 Å². The number of thiazole rings is 1. The Labute approximate surface area is 104 Å². The summed E-state index contributed by atoms with van der Waals surface area (Å²) in [6, 6.07) is 5.58. The molecule has 2 rings (SSSR count). The molecular weight excluding hydrogens is 232 g/mol. The molecular formula is C12H12N4S. The summed E-state index contributed by atoms with van der Waals surface area (Å²) in [5.41, 5.74) is 0.568. The molecule has 0 fully saturated rings. The number of pyridine rings is 1. The lowest BCUT2D eigenvalue weighted by Crippen LogP contribution is -2.00. The van der Waals surface area contributed by atoms with Gasteiger partial charge < -0.3 is 5.32 Å². The van der Waals surface area contributed by atoms with Gasteiger partial charge in [0.25, 0.3) is 0 Å². The van der Waals surface area contributed by atoms with E-state index in [1.54, 1.807) is 29.7 Å². The van der Waals surface area contributed by atoms with Crippen molar-refractivity contribution in [2.75, 3.05) is 5.32 Å². The van der Waals surface area contributed by atoms with Crippen LogP contribution in [0, 0.1) is 11.3 Å². The number of aryl methyl sites for hydroxylation is 1. The minimum Gasteiger partial charge on any atom is -0.364 e. The van der Waals surface area contributed by atoms with Crippen LogP contribution in [0.4, 0.5) is 5.82 Å². The maximum absolute atomic E-state index is 8.65. The molecule has 0 aliphatic carbocycles. The Morgan fingerprint density at radius 2 is 2.24 bits per heavy atom. The summed E-state index contributed by atoms with van der Waals surface area (Å²) in [5, 5.41) is 12.9. The molecule has 0 bridgehead atoms. The molecule has 0 saturated carbocycles. The molecule has 0 unspecified atom stereocenters. The van der Waals surface area contributed by atoms with Crippen LogP contribution in [0.2, 0.25) is 0 Å². The summed E-state index contributed by atoms with van der Waals surface area (Å²) in [6.45, 7) is 2.79. The molecule has 0 amide bonds. The van der Waals surface area contributed by atoms with Crippen molar-refractivity contribution in [1.29, 1.82) is 5.26 Å². The van der Waals surface area contributed by atoms with E-state index < -0.39 is 0 Å². The minimum atomic E-state index is 0.568. The van der Waals surface area contributed by atoms with Gasteiger partial charge in [-0.15, -0.1) is 11.3 Å². The number of anilines is 1. The standard InChI is InChI=1S/C12H12N4S/c1-2-10-7-16-12(17-10)8-15-11-4-3-9(5-13)6-14-11/h3-4,6-7H,2,8H2,1H3,(H,14,15). The second-order valence-electron chi connectivity index (χ2n) is 3.47. The molecule has 0 atom stereocenters. The third-order valence-electron chi connectivity index (χ3n) is 2.26. The second-order valence-corrected chi connectivity index (χ2v) is 4.67. The van der Waals surface area contributed by atoms with Crippen molar-refractivity contribution in [2.45, 2.75) is 19.9 Å². The smallest absolute Gasteiger partial charge is 0.126 e. The topological polar surface area (TPSA) is 61.6 Å². The Kier molecular flexibility index (Phi) is 3.68. The molecule has 5 heteroatoms. The van der Waals surface area contributed by atoms with Gasteiger partial charge in [-0.2, -0.15) is 5.26 Å². The molecule has 17 heavy (non-hydrogen) atoms. The average molecular weight is 244 g/mol. The zero-order valence-electron chi connectivity index (χ0n) is 9.47. The fourth-order valence-corrected chi connectivity index (χ4v) is 2.13. The summed E-state index contributed by atoms with van der Waals surface area (Å²) < 4.78 is 0. The van der Waals surface area contributed by atoms with E-state index in [1.165, 1.54) is 4.88 Å². The van der Waals surface area contributed by atoms with E-state index in [1.807, 2.05) is 12.3 Å². The molecule has 86 valence electrons. The average Bonchev–Trinajstić information content (AvgIpc) is 2.85. The minimum absolute atomic E-state index is 0.568. The molecule has 0 aliphatic rings. The van der Waals surface area contributed by atoms with Crippen molar-refractivity contribution in [3.05, 3.63) is 40.0 Å². The highest BCUT2D eigenvalue weighted by atomic mass is 32.1. The molecule has 1 N–H and O–H groups in total. The summed E-state index contributed by atoms with van der Waals surface area (Å²) in [7, 11) is 0. The predicted octanol–water partition coefficient (Wildman–Crippen LogP) is 2.58. The molecule has 0 spiro atoms. The molecule has 0 saturated heterocycles. The van der Waals surface area contributed by atoms with E-state index in [-0.39, 0.29) is 0 Å². The van der Waals surface area contributed by atoms with Crippen LogP contribution < -0.4 is 5.32 Å². The van der Waals surface area contributed by atoms with E-state index >= 15 is 0 Å². The predicted molar refractivity (Wildman–Crippen MR) is 67.8 cm³/mol. The fourth-order valence-electron chi connectivity index (χ4n) is 1.32. The van der Waals surface area contributed by atoms with Gasteiger partial charge >= 0.3 is 0 Å². The van der Waals surface area contributed by atoms with Crippen LogP contribution in [0.25, 0.3) is 0 Å². The SMILES string of the molecule is CCc1cnc(CNc2ccc(C#N)cn2)s1. The highest BCUT2D eigenvalue weighted by Gasteiger charge is 2.01. The van der Waals surface area contributed by atoms with Crippen molar-refractivity contribution in [1.82, 2.24) is 9.97 Å². The van der Waals surface area contributed by atoms with Crippen LogP contribution >= 0.6 is 11.3 Å². The van der Waals surface area contributed by atoms with Crippen molar-refractivity contribution in [3.63, 3.8) is 0 Å². The van der Waals surface area contributed by atoms with Gasteiger partial charge in [0.05, 0.1) is 12.1 Å². The number of nitrogens with one attached hydrogen (secondary N) is 1. The van der Waals surface area contributed by atoms with Gasteiger partial charge in [0.2, 0.25) is 0 Å². The molecule has 4 nitrogen and oxygen atoms in total. The van der Waals surface area contributed by atoms with Gasteiger partial charge in [-0.25, -0.2) is 9.97 Å². The van der Waals surface area contributed by atoms with Gasteiger partial charge in [0.15, 0.2) is 0 Å². The van der Waals surface area contributed by atoms with E-state index in [4.69, 9.17) is 5.26 Å².